The van der Waals surface area contributed by atoms with Gasteiger partial charge in [-0.25, -0.2) is 4.39 Å². The summed E-state index contributed by atoms with van der Waals surface area (Å²) in [5.74, 6) is 0.165. The zero-order valence-electron chi connectivity index (χ0n) is 11.8. The van der Waals surface area contributed by atoms with Gasteiger partial charge in [0.1, 0.15) is 5.82 Å². The van der Waals surface area contributed by atoms with E-state index in [2.05, 4.69) is 5.32 Å². The summed E-state index contributed by atoms with van der Waals surface area (Å²) < 4.78 is 23.6. The highest BCUT2D eigenvalue weighted by atomic mass is 19.1. The Bertz CT molecular complexity index is 347. The second kappa shape index (κ2) is 9.89. The van der Waals surface area contributed by atoms with Gasteiger partial charge >= 0.3 is 0 Å². The molecule has 19 heavy (non-hydrogen) atoms. The molecule has 0 heterocycles. The molecule has 1 N–H and O–H groups in total. The van der Waals surface area contributed by atoms with E-state index in [4.69, 9.17) is 9.47 Å². The molecular formula is C15H24FNO2. The highest BCUT2D eigenvalue weighted by Crippen LogP contribution is 2.11. The van der Waals surface area contributed by atoms with Crippen molar-refractivity contribution in [3.63, 3.8) is 0 Å². The molecule has 0 spiro atoms. The second-order valence-electron chi connectivity index (χ2n) is 4.56. The van der Waals surface area contributed by atoms with Crippen LogP contribution in [0.5, 0.6) is 0 Å². The van der Waals surface area contributed by atoms with Gasteiger partial charge < -0.3 is 14.8 Å². The van der Waals surface area contributed by atoms with Gasteiger partial charge in [-0.3, -0.25) is 0 Å². The van der Waals surface area contributed by atoms with Crippen LogP contribution in [-0.4, -0.2) is 40.0 Å². The van der Waals surface area contributed by atoms with E-state index in [1.54, 1.807) is 19.2 Å². The van der Waals surface area contributed by atoms with Crippen LogP contribution in [0.1, 0.15) is 12.5 Å². The quantitative estimate of drug-likeness (QED) is 0.661. The van der Waals surface area contributed by atoms with Crippen molar-refractivity contribution in [1.29, 1.82) is 0 Å². The van der Waals surface area contributed by atoms with Crippen molar-refractivity contribution in [2.75, 3.05) is 40.0 Å². The maximum Gasteiger partial charge on any atom is 0.123 e. The van der Waals surface area contributed by atoms with E-state index in [1.165, 1.54) is 6.07 Å². The van der Waals surface area contributed by atoms with Gasteiger partial charge in [-0.15, -0.1) is 0 Å². The fourth-order valence-electron chi connectivity index (χ4n) is 1.95. The number of ether oxygens (including phenoxy) is 2. The molecule has 1 aromatic rings. The van der Waals surface area contributed by atoms with Gasteiger partial charge in [0.25, 0.3) is 0 Å². The van der Waals surface area contributed by atoms with Gasteiger partial charge in [0.05, 0.1) is 13.2 Å². The number of halogens is 1. The van der Waals surface area contributed by atoms with Crippen molar-refractivity contribution in [3.8, 4) is 0 Å². The first-order valence-corrected chi connectivity index (χ1v) is 6.78. The summed E-state index contributed by atoms with van der Waals surface area (Å²) in [6, 6.07) is 6.77. The zero-order chi connectivity index (χ0) is 13.9. The second-order valence-corrected chi connectivity index (χ2v) is 4.56. The van der Waals surface area contributed by atoms with Crippen LogP contribution in [0.4, 0.5) is 4.39 Å². The topological polar surface area (TPSA) is 30.5 Å². The monoisotopic (exact) mass is 269 g/mol. The van der Waals surface area contributed by atoms with E-state index in [9.17, 15) is 4.39 Å². The van der Waals surface area contributed by atoms with Crippen LogP contribution in [0.15, 0.2) is 24.3 Å². The van der Waals surface area contributed by atoms with Crippen LogP contribution in [0.3, 0.4) is 0 Å². The fourth-order valence-corrected chi connectivity index (χ4v) is 1.95. The average Bonchev–Trinajstić information content (AvgIpc) is 2.40. The van der Waals surface area contributed by atoms with Gasteiger partial charge in [-0.05, 0) is 37.0 Å². The highest BCUT2D eigenvalue weighted by molar-refractivity contribution is 5.16. The molecule has 108 valence electrons. The molecule has 0 saturated heterocycles. The van der Waals surface area contributed by atoms with E-state index in [-0.39, 0.29) is 5.82 Å². The molecule has 0 bridgehead atoms. The van der Waals surface area contributed by atoms with E-state index in [1.807, 2.05) is 13.0 Å². The lowest BCUT2D eigenvalue weighted by molar-refractivity contribution is 0.108. The van der Waals surface area contributed by atoms with Crippen molar-refractivity contribution in [3.05, 3.63) is 35.6 Å². The Morgan fingerprint density at radius 1 is 1.37 bits per heavy atom. The van der Waals surface area contributed by atoms with E-state index < -0.39 is 0 Å². The van der Waals surface area contributed by atoms with Gasteiger partial charge in [0.2, 0.25) is 0 Å². The summed E-state index contributed by atoms with van der Waals surface area (Å²) in [6.45, 7) is 5.74. The van der Waals surface area contributed by atoms with Crippen molar-refractivity contribution in [2.24, 2.45) is 5.92 Å². The van der Waals surface area contributed by atoms with Crippen molar-refractivity contribution in [1.82, 2.24) is 5.32 Å². The Balaban J connectivity index is 2.43. The predicted octanol–water partition coefficient (Wildman–Crippen LogP) is 2.26. The Morgan fingerprint density at radius 2 is 2.21 bits per heavy atom. The Labute approximate surface area is 115 Å². The van der Waals surface area contributed by atoms with Gasteiger partial charge in [0, 0.05) is 26.8 Å². The first-order valence-electron chi connectivity index (χ1n) is 6.78. The number of benzene rings is 1. The lowest BCUT2D eigenvalue weighted by atomic mass is 10.00. The number of hydrogen-bond acceptors (Lipinski definition) is 3. The first kappa shape index (κ1) is 16.1. The summed E-state index contributed by atoms with van der Waals surface area (Å²) in [5.41, 5.74) is 1.01. The van der Waals surface area contributed by atoms with E-state index in [0.29, 0.717) is 25.7 Å². The number of methoxy groups -OCH3 is 1. The summed E-state index contributed by atoms with van der Waals surface area (Å²) >= 11 is 0. The minimum atomic E-state index is -0.181. The molecule has 0 amide bonds. The third kappa shape index (κ3) is 7.25. The molecule has 1 atom stereocenters. The summed E-state index contributed by atoms with van der Waals surface area (Å²) in [4.78, 5) is 0. The molecule has 0 aliphatic carbocycles. The Hall–Kier alpha value is -0.970. The summed E-state index contributed by atoms with van der Waals surface area (Å²) in [5, 5.41) is 3.33. The molecule has 1 unspecified atom stereocenters. The highest BCUT2D eigenvalue weighted by Gasteiger charge is 2.10. The maximum absolute atomic E-state index is 13.2. The smallest absolute Gasteiger partial charge is 0.123 e. The van der Waals surface area contributed by atoms with Crippen molar-refractivity contribution >= 4 is 0 Å². The van der Waals surface area contributed by atoms with Gasteiger partial charge in [-0.1, -0.05) is 12.1 Å². The van der Waals surface area contributed by atoms with Crippen LogP contribution in [0, 0.1) is 11.7 Å². The maximum atomic E-state index is 13.2. The lowest BCUT2D eigenvalue weighted by Gasteiger charge is -2.17. The fraction of sp³-hybridized carbons (Fsp3) is 0.600. The Kier molecular flexibility index (Phi) is 8.38. The molecule has 0 aromatic heterocycles. The number of rotatable bonds is 10. The standard InChI is InChI=1S/C15H24FNO2/c1-3-19-12-14(11-17-7-8-18-2)9-13-5-4-6-15(16)10-13/h4-6,10,14,17H,3,7-9,11-12H2,1-2H3. The molecule has 0 fully saturated rings. The third-order valence-electron chi connectivity index (χ3n) is 2.89. The average molecular weight is 269 g/mol. The van der Waals surface area contributed by atoms with E-state index in [0.717, 1.165) is 25.1 Å². The number of hydrogen-bond donors (Lipinski definition) is 1. The molecule has 1 aromatic carbocycles. The van der Waals surface area contributed by atoms with Crippen molar-refractivity contribution < 1.29 is 13.9 Å². The minimum absolute atomic E-state index is 0.181. The lowest BCUT2D eigenvalue weighted by Crippen LogP contribution is -2.30. The molecular weight excluding hydrogens is 245 g/mol. The summed E-state index contributed by atoms with van der Waals surface area (Å²) in [7, 11) is 1.69. The molecule has 0 saturated carbocycles. The van der Waals surface area contributed by atoms with Crippen LogP contribution in [-0.2, 0) is 15.9 Å². The molecule has 4 heteroatoms. The molecule has 0 aliphatic heterocycles. The molecule has 0 radical (unpaired) electrons. The van der Waals surface area contributed by atoms with Crippen LogP contribution in [0.25, 0.3) is 0 Å². The van der Waals surface area contributed by atoms with Crippen LogP contribution < -0.4 is 5.32 Å². The third-order valence-corrected chi connectivity index (χ3v) is 2.89. The van der Waals surface area contributed by atoms with E-state index >= 15 is 0 Å². The zero-order valence-corrected chi connectivity index (χ0v) is 11.8. The normalized spacial score (nSPS) is 12.6. The summed E-state index contributed by atoms with van der Waals surface area (Å²) in [6.07, 6.45) is 0.817. The largest absolute Gasteiger partial charge is 0.383 e. The molecule has 3 nitrogen and oxygen atoms in total. The SMILES string of the molecule is CCOCC(CNCCOC)Cc1cccc(F)c1. The predicted molar refractivity (Wildman–Crippen MR) is 74.8 cm³/mol. The number of nitrogens with one attached hydrogen (secondary N) is 1. The van der Waals surface area contributed by atoms with Crippen molar-refractivity contribution in [2.45, 2.75) is 13.3 Å². The van der Waals surface area contributed by atoms with Gasteiger partial charge in [0.15, 0.2) is 0 Å². The molecule has 0 aliphatic rings. The minimum Gasteiger partial charge on any atom is -0.383 e. The Morgan fingerprint density at radius 3 is 2.89 bits per heavy atom. The molecule has 1 rings (SSSR count). The van der Waals surface area contributed by atoms with Crippen LogP contribution >= 0.6 is 0 Å². The first-order chi connectivity index (χ1) is 9.26. The van der Waals surface area contributed by atoms with Crippen LogP contribution in [0.2, 0.25) is 0 Å². The van der Waals surface area contributed by atoms with Gasteiger partial charge in [-0.2, -0.15) is 0 Å².